The lowest BCUT2D eigenvalue weighted by Crippen LogP contribution is -2.61. The van der Waals surface area contributed by atoms with Crippen molar-refractivity contribution in [2.75, 3.05) is 13.1 Å². The molecule has 1 heterocycles. The van der Waals surface area contributed by atoms with Crippen LogP contribution in [-0.2, 0) is 16.1 Å². The van der Waals surface area contributed by atoms with Gasteiger partial charge < -0.3 is 15.2 Å². The van der Waals surface area contributed by atoms with Crippen LogP contribution in [0, 0.1) is 0 Å². The van der Waals surface area contributed by atoms with Crippen molar-refractivity contribution in [2.45, 2.75) is 18.6 Å². The highest BCUT2D eigenvalue weighted by molar-refractivity contribution is 5.68. The van der Waals surface area contributed by atoms with E-state index in [0.29, 0.717) is 19.7 Å². The molecule has 1 aliphatic heterocycles. The largest absolute Gasteiger partial charge is 0.481 e. The molecular weight excluding hydrogens is 206 g/mol. The van der Waals surface area contributed by atoms with E-state index in [-0.39, 0.29) is 6.42 Å². The third-order valence-corrected chi connectivity index (χ3v) is 2.76. The quantitative estimate of drug-likeness (QED) is 0.779. The maximum Gasteiger partial charge on any atom is 0.306 e. The zero-order valence-electron chi connectivity index (χ0n) is 8.98. The smallest absolute Gasteiger partial charge is 0.306 e. The van der Waals surface area contributed by atoms with Crippen LogP contribution in [0.4, 0.5) is 0 Å². The van der Waals surface area contributed by atoms with Crippen LogP contribution in [0.5, 0.6) is 0 Å². The third kappa shape index (κ3) is 2.59. The first-order valence-corrected chi connectivity index (χ1v) is 5.31. The monoisotopic (exact) mass is 221 g/mol. The van der Waals surface area contributed by atoms with Gasteiger partial charge in [0.1, 0.15) is 5.60 Å². The Morgan fingerprint density at radius 3 is 2.56 bits per heavy atom. The number of benzene rings is 1. The van der Waals surface area contributed by atoms with Crippen molar-refractivity contribution < 1.29 is 14.6 Å². The Kier molecular flexibility index (Phi) is 3.22. The van der Waals surface area contributed by atoms with Crippen LogP contribution in [0.2, 0.25) is 0 Å². The predicted molar refractivity (Wildman–Crippen MR) is 59.1 cm³/mol. The minimum absolute atomic E-state index is 0.0623. The molecule has 1 aliphatic rings. The van der Waals surface area contributed by atoms with E-state index in [9.17, 15) is 4.79 Å². The van der Waals surface area contributed by atoms with Crippen LogP contribution >= 0.6 is 0 Å². The first-order chi connectivity index (χ1) is 7.70. The van der Waals surface area contributed by atoms with Gasteiger partial charge in [0.25, 0.3) is 0 Å². The highest BCUT2D eigenvalue weighted by Crippen LogP contribution is 2.22. The zero-order valence-corrected chi connectivity index (χ0v) is 8.98. The number of carboxylic acid groups (broad SMARTS) is 1. The topological polar surface area (TPSA) is 58.6 Å². The fraction of sp³-hybridized carbons (Fsp3) is 0.417. The number of aliphatic carboxylic acids is 1. The summed E-state index contributed by atoms with van der Waals surface area (Å²) >= 11 is 0. The van der Waals surface area contributed by atoms with Gasteiger partial charge in [-0.3, -0.25) is 4.79 Å². The SMILES string of the molecule is O=C(O)CC1(OCc2ccccc2)CNC1. The standard InChI is InChI=1S/C12H15NO3/c14-11(15)6-12(8-13-9-12)16-7-10-4-2-1-3-5-10/h1-5,13H,6-9H2,(H,14,15). The maximum absolute atomic E-state index is 10.7. The Morgan fingerprint density at radius 2 is 2.06 bits per heavy atom. The molecule has 0 radical (unpaired) electrons. The van der Waals surface area contributed by atoms with Crippen molar-refractivity contribution in [1.29, 1.82) is 0 Å². The number of hydrogen-bond acceptors (Lipinski definition) is 3. The fourth-order valence-corrected chi connectivity index (χ4v) is 1.77. The zero-order chi connectivity index (χ0) is 11.4. The summed E-state index contributed by atoms with van der Waals surface area (Å²) in [5.41, 5.74) is 0.556. The van der Waals surface area contributed by atoms with Crippen molar-refractivity contribution >= 4 is 5.97 Å². The third-order valence-electron chi connectivity index (χ3n) is 2.76. The Balaban J connectivity index is 1.90. The minimum atomic E-state index is -0.811. The van der Waals surface area contributed by atoms with Gasteiger partial charge in [0.05, 0.1) is 13.0 Å². The normalized spacial score (nSPS) is 17.8. The average Bonchev–Trinajstić information content (AvgIpc) is 2.23. The Bertz CT molecular complexity index is 360. The number of carboxylic acids is 1. The summed E-state index contributed by atoms with van der Waals surface area (Å²) in [5.74, 6) is -0.811. The molecule has 0 saturated carbocycles. The fourth-order valence-electron chi connectivity index (χ4n) is 1.77. The van der Waals surface area contributed by atoms with Crippen molar-refractivity contribution in [3.8, 4) is 0 Å². The van der Waals surface area contributed by atoms with Crippen LogP contribution in [-0.4, -0.2) is 29.8 Å². The van der Waals surface area contributed by atoms with Gasteiger partial charge in [0.15, 0.2) is 0 Å². The first-order valence-electron chi connectivity index (χ1n) is 5.31. The lowest BCUT2D eigenvalue weighted by molar-refractivity contribution is -0.152. The predicted octanol–water partition coefficient (Wildman–Crippen LogP) is 1.02. The summed E-state index contributed by atoms with van der Waals surface area (Å²) in [6.07, 6.45) is 0.0623. The van der Waals surface area contributed by atoms with Crippen molar-refractivity contribution in [3.63, 3.8) is 0 Å². The lowest BCUT2D eigenvalue weighted by Gasteiger charge is -2.41. The number of rotatable bonds is 5. The molecule has 0 atom stereocenters. The maximum atomic E-state index is 10.7. The molecule has 1 saturated heterocycles. The average molecular weight is 221 g/mol. The molecule has 1 aromatic rings. The van der Waals surface area contributed by atoms with Crippen molar-refractivity contribution in [2.24, 2.45) is 0 Å². The van der Waals surface area contributed by atoms with Crippen LogP contribution in [0.15, 0.2) is 30.3 Å². The molecular formula is C12H15NO3. The van der Waals surface area contributed by atoms with Gasteiger partial charge in [-0.15, -0.1) is 0 Å². The van der Waals surface area contributed by atoms with Gasteiger partial charge in [-0.2, -0.15) is 0 Å². The highest BCUT2D eigenvalue weighted by atomic mass is 16.5. The molecule has 16 heavy (non-hydrogen) atoms. The second-order valence-corrected chi connectivity index (χ2v) is 4.13. The van der Waals surface area contributed by atoms with Gasteiger partial charge in [0, 0.05) is 13.1 Å². The number of hydrogen-bond donors (Lipinski definition) is 2. The van der Waals surface area contributed by atoms with Gasteiger partial charge in [-0.25, -0.2) is 0 Å². The molecule has 1 fully saturated rings. The van der Waals surface area contributed by atoms with E-state index in [1.165, 1.54) is 0 Å². The molecule has 4 heteroatoms. The minimum Gasteiger partial charge on any atom is -0.481 e. The second kappa shape index (κ2) is 4.63. The van der Waals surface area contributed by atoms with Gasteiger partial charge in [-0.1, -0.05) is 30.3 Å². The molecule has 86 valence electrons. The molecule has 4 nitrogen and oxygen atoms in total. The van der Waals surface area contributed by atoms with Crippen molar-refractivity contribution in [3.05, 3.63) is 35.9 Å². The highest BCUT2D eigenvalue weighted by Gasteiger charge is 2.40. The van der Waals surface area contributed by atoms with Gasteiger partial charge >= 0.3 is 5.97 Å². The van der Waals surface area contributed by atoms with Crippen LogP contribution in [0.3, 0.4) is 0 Å². The van der Waals surface area contributed by atoms with E-state index in [0.717, 1.165) is 5.56 Å². The summed E-state index contributed by atoms with van der Waals surface area (Å²) in [4.78, 5) is 10.7. The van der Waals surface area contributed by atoms with E-state index >= 15 is 0 Å². The Hall–Kier alpha value is -1.39. The van der Waals surface area contributed by atoms with Crippen LogP contribution in [0.1, 0.15) is 12.0 Å². The molecule has 0 amide bonds. The molecule has 0 bridgehead atoms. The molecule has 1 aromatic carbocycles. The summed E-state index contributed by atoms with van der Waals surface area (Å²) in [6.45, 7) is 1.70. The lowest BCUT2D eigenvalue weighted by atomic mass is 9.92. The van der Waals surface area contributed by atoms with E-state index in [1.54, 1.807) is 0 Å². The first kappa shape index (κ1) is 11.1. The van der Waals surface area contributed by atoms with E-state index < -0.39 is 11.6 Å². The molecule has 0 unspecified atom stereocenters. The summed E-state index contributed by atoms with van der Waals surface area (Å²) < 4.78 is 5.72. The molecule has 0 aromatic heterocycles. The second-order valence-electron chi connectivity index (χ2n) is 4.13. The summed E-state index contributed by atoms with van der Waals surface area (Å²) in [5, 5.41) is 11.9. The summed E-state index contributed by atoms with van der Waals surface area (Å²) in [7, 11) is 0. The van der Waals surface area contributed by atoms with E-state index in [4.69, 9.17) is 9.84 Å². The molecule has 2 N–H and O–H groups in total. The summed E-state index contributed by atoms with van der Waals surface area (Å²) in [6, 6.07) is 9.78. The van der Waals surface area contributed by atoms with Gasteiger partial charge in [0.2, 0.25) is 0 Å². The number of nitrogens with one attached hydrogen (secondary N) is 1. The van der Waals surface area contributed by atoms with Gasteiger partial charge in [-0.05, 0) is 5.56 Å². The van der Waals surface area contributed by atoms with E-state index in [2.05, 4.69) is 5.32 Å². The number of ether oxygens (including phenoxy) is 1. The van der Waals surface area contributed by atoms with Crippen LogP contribution in [0.25, 0.3) is 0 Å². The Labute approximate surface area is 94.2 Å². The Morgan fingerprint density at radius 1 is 1.38 bits per heavy atom. The number of carbonyl (C=O) groups is 1. The molecule has 0 spiro atoms. The molecule has 0 aliphatic carbocycles. The molecule has 2 rings (SSSR count). The van der Waals surface area contributed by atoms with Crippen LogP contribution < -0.4 is 5.32 Å². The van der Waals surface area contributed by atoms with E-state index in [1.807, 2.05) is 30.3 Å². The van der Waals surface area contributed by atoms with Crippen molar-refractivity contribution in [1.82, 2.24) is 5.32 Å².